The zero-order valence-electron chi connectivity index (χ0n) is 54.2. The lowest BCUT2D eigenvalue weighted by atomic mass is 9.77. The molecule has 7 atom stereocenters. The average Bonchev–Trinajstić information content (AvgIpc) is 1.69. The highest BCUT2D eigenvalue weighted by molar-refractivity contribution is 7.15. The lowest BCUT2D eigenvalue weighted by Gasteiger charge is -2.35. The molecule has 1 aromatic carbocycles. The van der Waals surface area contributed by atoms with Gasteiger partial charge in [-0.1, -0.05) is 50.6 Å². The van der Waals surface area contributed by atoms with Crippen LogP contribution in [-0.4, -0.2) is 142 Å². The smallest absolute Gasteiger partial charge is 0.415 e. The van der Waals surface area contributed by atoms with Crippen LogP contribution in [0, 0.1) is 24.7 Å². The molecular formula is C65H71N13O15S6. The summed E-state index contributed by atoms with van der Waals surface area (Å²) >= 11 is 6.91. The molecule has 0 spiro atoms. The molecule has 6 amide bonds. The Morgan fingerprint density at radius 2 is 1.37 bits per heavy atom. The molecular weight excluding hydrogens is 1400 g/mol. The van der Waals surface area contributed by atoms with E-state index in [1.807, 2.05) is 13.8 Å². The number of hydrogen-bond acceptors (Lipinski definition) is 25. The Morgan fingerprint density at radius 3 is 2.10 bits per heavy atom. The molecule has 0 saturated heterocycles. The minimum Gasteiger partial charge on any atom is -0.481 e. The van der Waals surface area contributed by atoms with E-state index >= 15 is 0 Å². The number of unbranched alkanes of at least 4 members (excludes halogenated alkanes) is 2. The van der Waals surface area contributed by atoms with Crippen molar-refractivity contribution < 1.29 is 73.1 Å². The molecule has 28 nitrogen and oxygen atoms in total. The van der Waals surface area contributed by atoms with E-state index in [-0.39, 0.29) is 110 Å². The number of carboxylic acids is 3. The van der Waals surface area contributed by atoms with Crippen LogP contribution in [0.4, 0.5) is 10.6 Å². The van der Waals surface area contributed by atoms with Crippen molar-refractivity contribution in [1.29, 1.82) is 0 Å². The highest BCUT2D eigenvalue weighted by Crippen LogP contribution is 2.42. The largest absolute Gasteiger partial charge is 0.481 e. The second kappa shape index (κ2) is 33.3. The summed E-state index contributed by atoms with van der Waals surface area (Å²) < 4.78 is 11.7. The summed E-state index contributed by atoms with van der Waals surface area (Å²) in [6, 6.07) is 9.15. The van der Waals surface area contributed by atoms with Gasteiger partial charge in [-0.2, -0.15) is 0 Å². The van der Waals surface area contributed by atoms with Crippen molar-refractivity contribution in [3.8, 4) is 43.4 Å². The topological polar surface area (TPSA) is 407 Å². The molecule has 1 fully saturated rings. The van der Waals surface area contributed by atoms with Crippen LogP contribution in [0.1, 0.15) is 171 Å². The number of hydrogen-bond donors (Lipinski definition) is 9. The van der Waals surface area contributed by atoms with Gasteiger partial charge >= 0.3 is 24.0 Å². The first kappa shape index (κ1) is 72.8. The summed E-state index contributed by atoms with van der Waals surface area (Å²) in [4.78, 5) is 156. The maximum atomic E-state index is 14.5. The summed E-state index contributed by atoms with van der Waals surface area (Å²) in [7, 11) is 2.91. The number of carbonyl (C=O) groups excluding carboxylic acids is 6. The first-order chi connectivity index (χ1) is 47.5. The molecule has 0 radical (unpaired) electrons. The number of carbonyl (C=O) groups is 9. The number of pyridine rings is 1. The van der Waals surface area contributed by atoms with Crippen LogP contribution in [0.15, 0.2) is 64.0 Å². The molecule has 2 aliphatic rings. The maximum Gasteiger partial charge on any atom is 0.415 e. The Labute approximate surface area is 591 Å². The molecule has 0 unspecified atom stereocenters. The molecule has 34 heteroatoms. The molecule has 1 aliphatic heterocycles. The van der Waals surface area contributed by atoms with Gasteiger partial charge in [0.15, 0.2) is 0 Å². The number of nitrogens with one attached hydrogen (secondary N) is 5. The molecule has 522 valence electrons. The minimum absolute atomic E-state index is 0.00892. The maximum absolute atomic E-state index is 14.5. The summed E-state index contributed by atoms with van der Waals surface area (Å²) in [5.74, 6) is -7.14. The molecule has 1 aliphatic carbocycles. The van der Waals surface area contributed by atoms with Crippen molar-refractivity contribution in [3.63, 3.8) is 0 Å². The van der Waals surface area contributed by atoms with Gasteiger partial charge in [-0.15, -0.1) is 68.0 Å². The third kappa shape index (κ3) is 18.1. The van der Waals surface area contributed by atoms with Gasteiger partial charge in [-0.25, -0.2) is 39.7 Å². The Kier molecular flexibility index (Phi) is 24.5. The van der Waals surface area contributed by atoms with Crippen molar-refractivity contribution in [1.82, 2.24) is 61.5 Å². The van der Waals surface area contributed by atoms with Crippen LogP contribution in [-0.2, 0) is 40.1 Å². The van der Waals surface area contributed by atoms with E-state index in [1.54, 1.807) is 70.9 Å². The number of thiazole rings is 6. The standard InChI is InChI=1S/C65H71N13O15S6/c1-31(2)49-63-77-52(43(99-63)26-92-5)56(87)67-25-46(80)74-53(54(85)33-13-7-6-8-14-33)62-72-41(29-96-62)60-70-39(27-95-60)51-36(58-71-40(28-94-58)55(86)69-38(24-45(79)66-4)61-76-50(32(3)98-61)57(88)75-49)19-20-37(68-51)59-73-44(30-97-59)78(22-12-11-17-48(83)84)65(91)93-42-21-18-35(64(89)90)23-34(42)15-9-10-16-47(81)82/h6-8,13-14,19-20,27-31,34-35,38,42,49,53-54,85H,9-12,15-18,21-26H2,1-5H3,(H,66,79)(H,67,87)(H,69,86)(H,74,80)(H,75,88)(H,81,82)(H,83,84)(H,89,90)/t34-,35-,38-,42-,49-,53-,54-/m0/s1. The molecule has 8 aromatic rings. The molecule has 9 N–H and O–H groups in total. The van der Waals surface area contributed by atoms with Crippen LogP contribution in [0.2, 0.25) is 0 Å². The van der Waals surface area contributed by atoms with E-state index in [4.69, 9.17) is 44.4 Å². The number of nitrogens with zero attached hydrogens (tertiary/aromatic N) is 8. The predicted molar refractivity (Wildman–Crippen MR) is 371 cm³/mol. The molecule has 1 saturated carbocycles. The normalized spacial score (nSPS) is 18.7. The number of rotatable bonds is 21. The van der Waals surface area contributed by atoms with Gasteiger partial charge in [-0.05, 0) is 81.4 Å². The van der Waals surface area contributed by atoms with Gasteiger partial charge in [0.1, 0.15) is 88.3 Å². The van der Waals surface area contributed by atoms with Crippen LogP contribution < -0.4 is 31.5 Å². The number of carboxylic acid groups (broad SMARTS) is 3. The van der Waals surface area contributed by atoms with Crippen molar-refractivity contribution in [2.75, 3.05) is 32.1 Å². The third-order valence-electron chi connectivity index (χ3n) is 16.5. The summed E-state index contributed by atoms with van der Waals surface area (Å²) in [6.07, 6.45) is -0.805. The number of aliphatic hydroxyl groups excluding tert-OH is 1. The van der Waals surface area contributed by atoms with Crippen molar-refractivity contribution in [2.24, 2.45) is 17.8 Å². The SMILES string of the molecule is CNC(=O)C[C@@H]1NC(=O)c2csc(n2)-c2ccc(-c3nc(N(CCCCC(=O)O)C(=O)O[C@H]4CC[C@H](C(=O)O)C[C@@H]4CCCCC(=O)O)cs3)nc2-c2csc(n2)-c2csc(n2)[C@H]([C@@H](O)c2ccccc2)NC(=O)CNC(=O)c2nc(sc2COC)[C@H](C(C)C)NC(=O)c2nc1sc2C. The van der Waals surface area contributed by atoms with Crippen molar-refractivity contribution >= 4 is 127 Å². The van der Waals surface area contributed by atoms with Gasteiger partial charge in [0, 0.05) is 65.5 Å². The molecule has 8 heterocycles. The number of aliphatic hydroxyl groups is 1. The lowest BCUT2D eigenvalue weighted by Crippen LogP contribution is -2.41. The van der Waals surface area contributed by atoms with Crippen LogP contribution in [0.5, 0.6) is 0 Å². The zero-order chi connectivity index (χ0) is 70.6. The molecule has 7 aromatic heterocycles. The number of aryl methyl sites for hydroxylation is 1. The predicted octanol–water partition coefficient (Wildman–Crippen LogP) is 10.0. The van der Waals surface area contributed by atoms with Gasteiger partial charge in [0.05, 0.1) is 48.1 Å². The van der Waals surface area contributed by atoms with Crippen LogP contribution >= 0.6 is 68.0 Å². The van der Waals surface area contributed by atoms with Crippen molar-refractivity contribution in [3.05, 3.63) is 111 Å². The number of amides is 6. The van der Waals surface area contributed by atoms with E-state index in [0.717, 1.165) is 56.7 Å². The van der Waals surface area contributed by atoms with E-state index in [9.17, 15) is 63.6 Å². The van der Waals surface area contributed by atoms with Gasteiger partial charge in [-0.3, -0.25) is 43.3 Å². The second-order valence-electron chi connectivity index (χ2n) is 23.8. The molecule has 10 bridgehead atoms. The van der Waals surface area contributed by atoms with Crippen molar-refractivity contribution in [2.45, 2.75) is 128 Å². The number of aliphatic carboxylic acids is 3. The van der Waals surface area contributed by atoms with Gasteiger partial charge in [0.2, 0.25) is 11.8 Å². The summed E-state index contributed by atoms with van der Waals surface area (Å²) in [6.45, 7) is 4.86. The average molecular weight is 1470 g/mol. The Balaban J connectivity index is 1.03. The van der Waals surface area contributed by atoms with E-state index < -0.39 is 96.3 Å². The highest BCUT2D eigenvalue weighted by Gasteiger charge is 2.38. The Hall–Kier alpha value is -8.90. The third-order valence-corrected chi connectivity index (χ3v) is 22.2. The number of benzene rings is 1. The van der Waals surface area contributed by atoms with Gasteiger partial charge in [0.25, 0.3) is 17.7 Å². The monoisotopic (exact) mass is 1470 g/mol. The Bertz CT molecular complexity index is 4260. The number of fused-ring (bicyclic) bond motifs is 14. The highest BCUT2D eigenvalue weighted by atomic mass is 32.1. The first-order valence-electron chi connectivity index (χ1n) is 31.6. The quantitative estimate of drug-likeness (QED) is 0.0302. The molecule has 10 rings (SSSR count). The number of aromatic nitrogens is 7. The summed E-state index contributed by atoms with van der Waals surface area (Å²) in [5, 5.41) is 63.4. The number of methoxy groups -OCH3 is 1. The van der Waals surface area contributed by atoms with Crippen LogP contribution in [0.3, 0.4) is 0 Å². The van der Waals surface area contributed by atoms with Gasteiger partial charge < -0.3 is 56.5 Å². The molecule has 99 heavy (non-hydrogen) atoms. The van der Waals surface area contributed by atoms with E-state index in [2.05, 4.69) is 26.6 Å². The van der Waals surface area contributed by atoms with Crippen LogP contribution in [0.25, 0.3) is 43.4 Å². The number of anilines is 1. The zero-order valence-corrected chi connectivity index (χ0v) is 59.1. The first-order valence-corrected chi connectivity index (χ1v) is 36.8. The number of ether oxygens (including phenoxy) is 2. The fourth-order valence-corrected chi connectivity index (χ4v) is 16.9. The van der Waals surface area contributed by atoms with E-state index in [1.165, 1.54) is 30.4 Å². The fraction of sp³-hybridized carbons (Fsp3) is 0.415. The van der Waals surface area contributed by atoms with E-state index in [0.29, 0.717) is 82.3 Å². The lowest BCUT2D eigenvalue weighted by molar-refractivity contribution is -0.144. The minimum atomic E-state index is -1.33. The summed E-state index contributed by atoms with van der Waals surface area (Å²) in [5.41, 5.74) is 2.17. The Morgan fingerprint density at radius 1 is 0.677 bits per heavy atom. The fourth-order valence-electron chi connectivity index (χ4n) is 11.3. The second-order valence-corrected chi connectivity index (χ2v) is 29.6.